The number of nitrogens with zero attached hydrogens (tertiary/aromatic N) is 7. The Hall–Kier alpha value is -3.24. The Balaban J connectivity index is 1.45. The van der Waals surface area contributed by atoms with Crippen molar-refractivity contribution in [3.05, 3.63) is 47.8 Å². The summed E-state index contributed by atoms with van der Waals surface area (Å²) in [5.74, 6) is 1.10. The molecule has 28 heavy (non-hydrogen) atoms. The van der Waals surface area contributed by atoms with Crippen LogP contribution in [-0.2, 0) is 6.18 Å². The second-order valence-corrected chi connectivity index (χ2v) is 6.40. The number of aromatic nitrogens is 5. The van der Waals surface area contributed by atoms with Crippen LogP contribution in [0.15, 0.2) is 30.7 Å². The summed E-state index contributed by atoms with van der Waals surface area (Å²) in [4.78, 5) is 23.9. The fraction of sp³-hybridized carbons (Fsp3) is 0.353. The second kappa shape index (κ2) is 6.73. The highest BCUT2D eigenvalue weighted by molar-refractivity contribution is 5.94. The predicted octanol–water partition coefficient (Wildman–Crippen LogP) is 1.81. The average Bonchev–Trinajstić information content (AvgIpc) is 3.08. The molecule has 0 saturated carbocycles. The number of carbonyl (C=O) groups is 1. The molecule has 0 aromatic carbocycles. The first-order valence-electron chi connectivity index (χ1n) is 8.58. The van der Waals surface area contributed by atoms with Crippen LogP contribution in [-0.4, -0.2) is 61.6 Å². The molecule has 11 heteroatoms. The molecule has 0 atom stereocenters. The number of alkyl halides is 3. The summed E-state index contributed by atoms with van der Waals surface area (Å²) in [6.45, 7) is 3.72. The monoisotopic (exact) mass is 391 g/mol. The van der Waals surface area contributed by atoms with E-state index in [9.17, 15) is 18.0 Å². The van der Waals surface area contributed by atoms with Gasteiger partial charge in [0.1, 0.15) is 11.5 Å². The number of piperazine rings is 1. The third-order valence-electron chi connectivity index (χ3n) is 4.65. The molecule has 0 spiro atoms. The van der Waals surface area contributed by atoms with E-state index in [1.54, 1.807) is 17.3 Å². The Kier molecular flexibility index (Phi) is 4.36. The van der Waals surface area contributed by atoms with Crippen LogP contribution >= 0.6 is 0 Å². The molecular formula is C17H16F3N7O. The maximum absolute atomic E-state index is 12.6. The minimum atomic E-state index is -4.53. The summed E-state index contributed by atoms with van der Waals surface area (Å²) >= 11 is 0. The molecule has 0 aliphatic carbocycles. The zero-order chi connectivity index (χ0) is 19.9. The Bertz CT molecular complexity index is 1010. The standard InChI is InChI=1S/C17H16F3N7O/c1-11-23-24-15-14(21-4-5-27(11)15)25-6-8-26(9-7-25)16(28)12-2-3-13(22-10-12)17(18,19)20/h2-5,10H,6-9H2,1H3. The number of rotatable bonds is 2. The summed E-state index contributed by atoms with van der Waals surface area (Å²) in [6.07, 6.45) is -0.101. The van der Waals surface area contributed by atoms with Gasteiger partial charge in [-0.25, -0.2) is 4.98 Å². The van der Waals surface area contributed by atoms with Crippen LogP contribution in [0.3, 0.4) is 0 Å². The van der Waals surface area contributed by atoms with Crippen LogP contribution < -0.4 is 4.90 Å². The summed E-state index contributed by atoms with van der Waals surface area (Å²) in [5.41, 5.74) is -0.238. The molecular weight excluding hydrogens is 375 g/mol. The number of amides is 1. The summed E-state index contributed by atoms with van der Waals surface area (Å²) in [7, 11) is 0. The van der Waals surface area contributed by atoms with Crippen LogP contribution in [0.1, 0.15) is 21.9 Å². The first-order valence-corrected chi connectivity index (χ1v) is 8.58. The van der Waals surface area contributed by atoms with Gasteiger partial charge < -0.3 is 9.80 Å². The lowest BCUT2D eigenvalue weighted by atomic mass is 10.2. The zero-order valence-corrected chi connectivity index (χ0v) is 14.9. The van der Waals surface area contributed by atoms with Crippen molar-refractivity contribution < 1.29 is 18.0 Å². The lowest BCUT2D eigenvalue weighted by Crippen LogP contribution is -2.49. The molecule has 1 saturated heterocycles. The molecule has 0 unspecified atom stereocenters. The molecule has 1 aliphatic rings. The van der Waals surface area contributed by atoms with Crippen molar-refractivity contribution in [3.63, 3.8) is 0 Å². The lowest BCUT2D eigenvalue weighted by Gasteiger charge is -2.35. The predicted molar refractivity (Wildman–Crippen MR) is 92.9 cm³/mol. The summed E-state index contributed by atoms with van der Waals surface area (Å²) < 4.78 is 39.7. The maximum Gasteiger partial charge on any atom is 0.433 e. The summed E-state index contributed by atoms with van der Waals surface area (Å²) in [6, 6.07) is 1.98. The van der Waals surface area contributed by atoms with Gasteiger partial charge in [-0.1, -0.05) is 0 Å². The Labute approximate surface area is 157 Å². The molecule has 0 radical (unpaired) electrons. The highest BCUT2D eigenvalue weighted by Gasteiger charge is 2.32. The van der Waals surface area contributed by atoms with Gasteiger partial charge in [-0.05, 0) is 19.1 Å². The number of halogens is 3. The molecule has 1 aliphatic heterocycles. The first-order chi connectivity index (χ1) is 13.3. The number of anilines is 1. The Morgan fingerprint density at radius 3 is 2.46 bits per heavy atom. The van der Waals surface area contributed by atoms with E-state index < -0.39 is 11.9 Å². The smallest absolute Gasteiger partial charge is 0.350 e. The van der Waals surface area contributed by atoms with E-state index in [1.165, 1.54) is 0 Å². The SMILES string of the molecule is Cc1nnc2c(N3CCN(C(=O)c4ccc(C(F)(F)F)nc4)CC3)nccn12. The molecule has 0 N–H and O–H groups in total. The van der Waals surface area contributed by atoms with Crippen LogP contribution in [0.4, 0.5) is 19.0 Å². The number of hydrogen-bond acceptors (Lipinski definition) is 6. The van der Waals surface area contributed by atoms with E-state index in [0.717, 1.165) is 24.2 Å². The van der Waals surface area contributed by atoms with Gasteiger partial charge in [-0.15, -0.1) is 10.2 Å². The van der Waals surface area contributed by atoms with Gasteiger partial charge in [0, 0.05) is 44.8 Å². The lowest BCUT2D eigenvalue weighted by molar-refractivity contribution is -0.141. The van der Waals surface area contributed by atoms with Crippen molar-refractivity contribution in [3.8, 4) is 0 Å². The second-order valence-electron chi connectivity index (χ2n) is 6.40. The van der Waals surface area contributed by atoms with E-state index >= 15 is 0 Å². The van der Waals surface area contributed by atoms with Gasteiger partial charge in [0.2, 0.25) is 5.65 Å². The van der Waals surface area contributed by atoms with Gasteiger partial charge in [0.05, 0.1) is 5.56 Å². The van der Waals surface area contributed by atoms with Crippen molar-refractivity contribution in [1.29, 1.82) is 0 Å². The quantitative estimate of drug-likeness (QED) is 0.663. The molecule has 3 aromatic rings. The van der Waals surface area contributed by atoms with Crippen molar-refractivity contribution in [2.45, 2.75) is 13.1 Å². The van der Waals surface area contributed by atoms with Crippen LogP contribution in [0.5, 0.6) is 0 Å². The van der Waals surface area contributed by atoms with E-state index in [1.807, 2.05) is 16.2 Å². The minimum Gasteiger partial charge on any atom is -0.350 e. The highest BCUT2D eigenvalue weighted by Crippen LogP contribution is 2.27. The van der Waals surface area contributed by atoms with Gasteiger partial charge in [0.25, 0.3) is 5.91 Å². The van der Waals surface area contributed by atoms with Gasteiger partial charge >= 0.3 is 6.18 Å². The number of fused-ring (bicyclic) bond motifs is 1. The number of hydrogen-bond donors (Lipinski definition) is 0. The highest BCUT2D eigenvalue weighted by atomic mass is 19.4. The van der Waals surface area contributed by atoms with Crippen LogP contribution in [0.2, 0.25) is 0 Å². The number of aryl methyl sites for hydroxylation is 1. The van der Waals surface area contributed by atoms with Gasteiger partial charge in [-0.2, -0.15) is 13.2 Å². The van der Waals surface area contributed by atoms with E-state index in [0.29, 0.717) is 37.6 Å². The molecule has 3 aromatic heterocycles. The van der Waals surface area contributed by atoms with E-state index in [4.69, 9.17) is 0 Å². The third-order valence-corrected chi connectivity index (χ3v) is 4.65. The maximum atomic E-state index is 12.6. The van der Waals surface area contributed by atoms with Crippen molar-refractivity contribution >= 4 is 17.4 Å². The minimum absolute atomic E-state index is 0.134. The van der Waals surface area contributed by atoms with E-state index in [-0.39, 0.29) is 11.5 Å². The molecule has 146 valence electrons. The fourth-order valence-electron chi connectivity index (χ4n) is 3.14. The molecule has 4 heterocycles. The molecule has 8 nitrogen and oxygen atoms in total. The summed E-state index contributed by atoms with van der Waals surface area (Å²) in [5, 5.41) is 8.20. The molecule has 1 fully saturated rings. The molecule has 0 bridgehead atoms. The number of pyridine rings is 1. The Morgan fingerprint density at radius 1 is 1.07 bits per heavy atom. The largest absolute Gasteiger partial charge is 0.433 e. The number of carbonyl (C=O) groups excluding carboxylic acids is 1. The molecule has 1 amide bonds. The van der Waals surface area contributed by atoms with Crippen LogP contribution in [0.25, 0.3) is 5.65 Å². The first kappa shape index (κ1) is 18.1. The van der Waals surface area contributed by atoms with Gasteiger partial charge in [-0.3, -0.25) is 14.2 Å². The molecule has 4 rings (SSSR count). The van der Waals surface area contributed by atoms with Crippen molar-refractivity contribution in [2.24, 2.45) is 0 Å². The topological polar surface area (TPSA) is 79.5 Å². The van der Waals surface area contributed by atoms with Gasteiger partial charge in [0.15, 0.2) is 5.82 Å². The van der Waals surface area contributed by atoms with E-state index in [2.05, 4.69) is 20.2 Å². The fourth-order valence-corrected chi connectivity index (χ4v) is 3.14. The van der Waals surface area contributed by atoms with Crippen molar-refractivity contribution in [1.82, 2.24) is 29.5 Å². The third kappa shape index (κ3) is 3.23. The Morgan fingerprint density at radius 2 is 1.82 bits per heavy atom. The van der Waals surface area contributed by atoms with Crippen LogP contribution in [0, 0.1) is 6.92 Å². The zero-order valence-electron chi connectivity index (χ0n) is 14.9. The van der Waals surface area contributed by atoms with Crippen molar-refractivity contribution in [2.75, 3.05) is 31.1 Å². The normalized spacial score (nSPS) is 15.3. The average molecular weight is 391 g/mol.